The van der Waals surface area contributed by atoms with Crippen molar-refractivity contribution in [3.05, 3.63) is 28.5 Å². The summed E-state index contributed by atoms with van der Waals surface area (Å²) in [4.78, 5) is 4.20. The van der Waals surface area contributed by atoms with Crippen molar-refractivity contribution in [1.82, 2.24) is 9.99 Å². The number of nitrogens with zero attached hydrogens (tertiary/aromatic N) is 2. The summed E-state index contributed by atoms with van der Waals surface area (Å²) in [6.07, 6.45) is 6.65. The fourth-order valence-electron chi connectivity index (χ4n) is 2.25. The molecule has 1 aliphatic heterocycles. The van der Waals surface area contributed by atoms with E-state index >= 15 is 0 Å². The van der Waals surface area contributed by atoms with E-state index in [1.807, 2.05) is 18.1 Å². The normalized spacial score (nSPS) is 23.1. The van der Waals surface area contributed by atoms with E-state index in [-0.39, 0.29) is 0 Å². The van der Waals surface area contributed by atoms with Gasteiger partial charge in [0.2, 0.25) is 0 Å². The summed E-state index contributed by atoms with van der Waals surface area (Å²) >= 11 is 5.93. The van der Waals surface area contributed by atoms with Crippen molar-refractivity contribution in [3.63, 3.8) is 0 Å². The van der Waals surface area contributed by atoms with Gasteiger partial charge >= 0.3 is 0 Å². The number of hydrazine groups is 1. The van der Waals surface area contributed by atoms with Crippen LogP contribution in [-0.2, 0) is 0 Å². The van der Waals surface area contributed by atoms with Crippen LogP contribution < -0.4 is 5.84 Å². The molecule has 2 rings (SSSR count). The summed E-state index contributed by atoms with van der Waals surface area (Å²) in [6, 6.07) is 2.40. The number of aromatic nitrogens is 1. The van der Waals surface area contributed by atoms with Crippen LogP contribution in [0.25, 0.3) is 0 Å². The van der Waals surface area contributed by atoms with Gasteiger partial charge < -0.3 is 0 Å². The Kier molecular flexibility index (Phi) is 3.79. The Balaban J connectivity index is 2.23. The minimum atomic E-state index is 0.297. The molecule has 0 radical (unpaired) electrons. The molecule has 3 nitrogen and oxygen atoms in total. The van der Waals surface area contributed by atoms with Crippen molar-refractivity contribution >= 4 is 11.6 Å². The molecule has 1 aromatic heterocycles. The summed E-state index contributed by atoms with van der Waals surface area (Å²) in [5.41, 5.74) is 2.21. The van der Waals surface area contributed by atoms with E-state index in [0.717, 1.165) is 18.5 Å². The Morgan fingerprint density at radius 1 is 1.44 bits per heavy atom. The smallest absolute Gasteiger partial charge is 0.131 e. The molecule has 0 aromatic carbocycles. The molecule has 2 heterocycles. The molecule has 0 aliphatic carbocycles. The molecule has 1 saturated heterocycles. The molecular weight excluding hydrogens is 222 g/mol. The molecule has 1 atom stereocenters. The van der Waals surface area contributed by atoms with Crippen molar-refractivity contribution in [3.8, 4) is 0 Å². The molecule has 2 N–H and O–H groups in total. The van der Waals surface area contributed by atoms with E-state index in [1.54, 1.807) is 0 Å². The van der Waals surface area contributed by atoms with Gasteiger partial charge in [-0.15, -0.1) is 0 Å². The fourth-order valence-corrected chi connectivity index (χ4v) is 2.35. The van der Waals surface area contributed by atoms with Gasteiger partial charge in [0.15, 0.2) is 0 Å². The Hall–Kier alpha value is -0.640. The lowest BCUT2D eigenvalue weighted by molar-refractivity contribution is 0.206. The molecule has 0 bridgehead atoms. The maximum Gasteiger partial charge on any atom is 0.131 e. The second-order valence-electron chi connectivity index (χ2n) is 4.48. The lowest BCUT2D eigenvalue weighted by Crippen LogP contribution is -2.35. The standard InChI is InChI=1S/C12H18ClN3/c1-9-7-10(8-15-12(9)13)11-5-3-2-4-6-16(11)14/h7-8,11H,2-6,14H2,1H3/t11-/m1/s1. The molecule has 4 heteroatoms. The van der Waals surface area contributed by atoms with Crippen LogP contribution in [0.2, 0.25) is 5.15 Å². The minimum absolute atomic E-state index is 0.297. The van der Waals surface area contributed by atoms with Crippen LogP contribution in [0, 0.1) is 6.92 Å². The first-order valence-corrected chi connectivity index (χ1v) is 6.19. The summed E-state index contributed by atoms with van der Waals surface area (Å²) < 4.78 is 0. The number of pyridine rings is 1. The molecule has 0 unspecified atom stereocenters. The molecule has 16 heavy (non-hydrogen) atoms. The van der Waals surface area contributed by atoms with E-state index in [4.69, 9.17) is 17.4 Å². The number of halogens is 1. The highest BCUT2D eigenvalue weighted by molar-refractivity contribution is 6.30. The number of hydrogen-bond donors (Lipinski definition) is 1. The van der Waals surface area contributed by atoms with Crippen LogP contribution in [0.4, 0.5) is 0 Å². The van der Waals surface area contributed by atoms with Crippen LogP contribution >= 0.6 is 11.6 Å². The summed E-state index contributed by atoms with van der Waals surface area (Å²) in [6.45, 7) is 2.95. The first-order valence-electron chi connectivity index (χ1n) is 5.82. The van der Waals surface area contributed by atoms with E-state index in [1.165, 1.54) is 24.8 Å². The van der Waals surface area contributed by atoms with Crippen LogP contribution in [0.3, 0.4) is 0 Å². The lowest BCUT2D eigenvalue weighted by atomic mass is 10.0. The second-order valence-corrected chi connectivity index (χ2v) is 4.84. The van der Waals surface area contributed by atoms with Crippen LogP contribution in [-0.4, -0.2) is 16.5 Å². The minimum Gasteiger partial charge on any atom is -0.268 e. The van der Waals surface area contributed by atoms with E-state index < -0.39 is 0 Å². The highest BCUT2D eigenvalue weighted by Crippen LogP contribution is 2.28. The van der Waals surface area contributed by atoms with Crippen molar-refractivity contribution < 1.29 is 0 Å². The summed E-state index contributed by atoms with van der Waals surface area (Å²) in [7, 11) is 0. The quantitative estimate of drug-likeness (QED) is 0.605. The Labute approximate surface area is 102 Å². The summed E-state index contributed by atoms with van der Waals surface area (Å²) in [5.74, 6) is 6.07. The zero-order chi connectivity index (χ0) is 11.5. The largest absolute Gasteiger partial charge is 0.268 e. The third-order valence-electron chi connectivity index (χ3n) is 3.21. The molecule has 0 saturated carbocycles. The van der Waals surface area contributed by atoms with Crippen LogP contribution in [0.1, 0.15) is 42.9 Å². The first kappa shape index (κ1) is 11.8. The number of nitrogens with two attached hydrogens (primary N) is 1. The average molecular weight is 240 g/mol. The van der Waals surface area contributed by atoms with Gasteiger partial charge in [0.25, 0.3) is 0 Å². The SMILES string of the molecule is Cc1cc([C@H]2CCCCCN2N)cnc1Cl. The van der Waals surface area contributed by atoms with Gasteiger partial charge in [-0.1, -0.05) is 24.4 Å². The van der Waals surface area contributed by atoms with Crippen molar-refractivity contribution in [2.24, 2.45) is 5.84 Å². The lowest BCUT2D eigenvalue weighted by Gasteiger charge is -2.25. The monoisotopic (exact) mass is 239 g/mol. The molecule has 0 amide bonds. The third kappa shape index (κ3) is 2.54. The molecule has 1 fully saturated rings. The van der Waals surface area contributed by atoms with Gasteiger partial charge in [-0.3, -0.25) is 5.84 Å². The van der Waals surface area contributed by atoms with E-state index in [2.05, 4.69) is 11.1 Å². The number of aryl methyl sites for hydroxylation is 1. The van der Waals surface area contributed by atoms with Gasteiger partial charge in [0.1, 0.15) is 5.15 Å². The van der Waals surface area contributed by atoms with E-state index in [0.29, 0.717) is 11.2 Å². The van der Waals surface area contributed by atoms with Crippen LogP contribution in [0.15, 0.2) is 12.3 Å². The maximum absolute atomic E-state index is 6.07. The average Bonchev–Trinajstić information content (AvgIpc) is 2.47. The number of rotatable bonds is 1. The third-order valence-corrected chi connectivity index (χ3v) is 3.61. The van der Waals surface area contributed by atoms with Gasteiger partial charge in [0, 0.05) is 12.7 Å². The Morgan fingerprint density at radius 3 is 3.00 bits per heavy atom. The van der Waals surface area contributed by atoms with Gasteiger partial charge in [-0.05, 0) is 37.0 Å². The zero-order valence-corrected chi connectivity index (χ0v) is 10.4. The molecule has 0 spiro atoms. The first-order chi connectivity index (χ1) is 7.68. The highest BCUT2D eigenvalue weighted by atomic mass is 35.5. The van der Waals surface area contributed by atoms with Crippen molar-refractivity contribution in [1.29, 1.82) is 0 Å². The van der Waals surface area contributed by atoms with E-state index in [9.17, 15) is 0 Å². The van der Waals surface area contributed by atoms with Gasteiger partial charge in [0.05, 0.1) is 6.04 Å². The fraction of sp³-hybridized carbons (Fsp3) is 0.583. The van der Waals surface area contributed by atoms with Crippen LogP contribution in [0.5, 0.6) is 0 Å². The zero-order valence-electron chi connectivity index (χ0n) is 9.62. The van der Waals surface area contributed by atoms with Gasteiger partial charge in [-0.25, -0.2) is 9.99 Å². The Bertz CT molecular complexity index is 367. The maximum atomic E-state index is 6.07. The predicted octanol–water partition coefficient (Wildman–Crippen LogP) is 2.83. The van der Waals surface area contributed by atoms with Crippen molar-refractivity contribution in [2.45, 2.75) is 38.6 Å². The highest BCUT2D eigenvalue weighted by Gasteiger charge is 2.20. The molecular formula is C12H18ClN3. The molecule has 1 aromatic rings. The molecule has 88 valence electrons. The second kappa shape index (κ2) is 5.13. The predicted molar refractivity (Wildman–Crippen MR) is 66.1 cm³/mol. The van der Waals surface area contributed by atoms with Gasteiger partial charge in [-0.2, -0.15) is 0 Å². The molecule has 1 aliphatic rings. The Morgan fingerprint density at radius 2 is 2.25 bits per heavy atom. The topological polar surface area (TPSA) is 42.1 Å². The summed E-state index contributed by atoms with van der Waals surface area (Å²) in [5, 5.41) is 2.53. The number of hydrogen-bond acceptors (Lipinski definition) is 3. The van der Waals surface area contributed by atoms with Crippen molar-refractivity contribution in [2.75, 3.05) is 6.54 Å².